The van der Waals surface area contributed by atoms with Crippen molar-refractivity contribution < 1.29 is 28.1 Å². The summed E-state index contributed by atoms with van der Waals surface area (Å²) < 4.78 is 34.3. The average Bonchev–Trinajstić information content (AvgIpc) is 2.58. The average molecular weight is 399 g/mol. The van der Waals surface area contributed by atoms with Crippen molar-refractivity contribution in [3.05, 3.63) is 52.3 Å². The smallest absolute Gasteiger partial charge is 0.344 e. The summed E-state index contributed by atoms with van der Waals surface area (Å²) in [6.45, 7) is -0.274. The van der Waals surface area contributed by atoms with Crippen LogP contribution in [0.15, 0.2) is 40.9 Å². The summed E-state index contributed by atoms with van der Waals surface area (Å²) >= 11 is 3.16. The number of rotatable bonds is 7. The van der Waals surface area contributed by atoms with Gasteiger partial charge in [0, 0.05) is 5.56 Å². The van der Waals surface area contributed by atoms with Crippen molar-refractivity contribution >= 4 is 21.9 Å². The number of carbonyl (C=O) groups is 1. The van der Waals surface area contributed by atoms with E-state index in [1.165, 1.54) is 32.4 Å². The second-order valence-corrected chi connectivity index (χ2v) is 5.53. The molecule has 7 heteroatoms. The quantitative estimate of drug-likeness (QED) is 0.665. The van der Waals surface area contributed by atoms with Crippen LogP contribution in [0.25, 0.3) is 0 Å². The van der Waals surface area contributed by atoms with Crippen LogP contribution in [0.1, 0.15) is 5.56 Å². The van der Waals surface area contributed by atoms with Crippen LogP contribution in [0.3, 0.4) is 0 Å². The van der Waals surface area contributed by atoms with Crippen molar-refractivity contribution in [3.8, 4) is 17.2 Å². The number of benzene rings is 2. The minimum atomic E-state index is -0.559. The highest BCUT2D eigenvalue weighted by atomic mass is 79.9. The summed E-state index contributed by atoms with van der Waals surface area (Å²) in [5, 5.41) is 0. The van der Waals surface area contributed by atoms with Gasteiger partial charge in [-0.25, -0.2) is 9.18 Å². The van der Waals surface area contributed by atoms with Crippen molar-refractivity contribution in [1.29, 1.82) is 0 Å². The minimum absolute atomic E-state index is 0.0210. The molecule has 0 aliphatic carbocycles. The van der Waals surface area contributed by atoms with Gasteiger partial charge in [-0.05, 0) is 40.2 Å². The summed E-state index contributed by atoms with van der Waals surface area (Å²) in [5.74, 6) is 0.456. The molecule has 0 unspecified atom stereocenters. The highest BCUT2D eigenvalue weighted by molar-refractivity contribution is 9.10. The van der Waals surface area contributed by atoms with Gasteiger partial charge in [0.1, 0.15) is 18.2 Å². The third-order valence-electron chi connectivity index (χ3n) is 3.11. The zero-order chi connectivity index (χ0) is 17.5. The molecular formula is C17H16BrFO5. The first kappa shape index (κ1) is 18.1. The molecule has 0 aliphatic heterocycles. The van der Waals surface area contributed by atoms with Gasteiger partial charge in [-0.3, -0.25) is 0 Å². The van der Waals surface area contributed by atoms with Crippen LogP contribution < -0.4 is 14.2 Å². The molecule has 0 bridgehead atoms. The lowest BCUT2D eigenvalue weighted by molar-refractivity contribution is -0.147. The third kappa shape index (κ3) is 4.61. The first-order valence-corrected chi connectivity index (χ1v) is 7.77. The van der Waals surface area contributed by atoms with E-state index in [1.54, 1.807) is 18.2 Å². The molecule has 0 aromatic heterocycles. The van der Waals surface area contributed by atoms with Crippen LogP contribution in [0.4, 0.5) is 4.39 Å². The van der Waals surface area contributed by atoms with Gasteiger partial charge in [0.25, 0.3) is 0 Å². The van der Waals surface area contributed by atoms with Crippen LogP contribution in [0, 0.1) is 5.82 Å². The van der Waals surface area contributed by atoms with Crippen LogP contribution >= 0.6 is 15.9 Å². The Hall–Kier alpha value is -2.28. The Balaban J connectivity index is 1.92. The Labute approximate surface area is 147 Å². The summed E-state index contributed by atoms with van der Waals surface area (Å²) in [6, 6.07) is 9.22. The fourth-order valence-corrected chi connectivity index (χ4v) is 2.46. The fourth-order valence-electron chi connectivity index (χ4n) is 2.00. The lowest BCUT2D eigenvalue weighted by atomic mass is 10.2. The predicted octanol–water partition coefficient (Wildman–Crippen LogP) is 3.73. The molecule has 2 aromatic rings. The van der Waals surface area contributed by atoms with E-state index in [-0.39, 0.29) is 13.2 Å². The lowest BCUT2D eigenvalue weighted by Crippen LogP contribution is -2.15. The van der Waals surface area contributed by atoms with E-state index in [0.29, 0.717) is 27.3 Å². The number of para-hydroxylation sites is 1. The van der Waals surface area contributed by atoms with E-state index < -0.39 is 11.8 Å². The number of methoxy groups -OCH3 is 2. The molecule has 0 heterocycles. The van der Waals surface area contributed by atoms with Gasteiger partial charge in [0.05, 0.1) is 18.7 Å². The van der Waals surface area contributed by atoms with E-state index in [4.69, 9.17) is 18.9 Å². The molecule has 128 valence electrons. The van der Waals surface area contributed by atoms with E-state index in [2.05, 4.69) is 15.9 Å². The molecule has 0 aliphatic rings. The van der Waals surface area contributed by atoms with Crippen molar-refractivity contribution in [2.75, 3.05) is 20.8 Å². The normalized spacial score (nSPS) is 10.2. The van der Waals surface area contributed by atoms with E-state index in [0.717, 1.165) is 0 Å². The van der Waals surface area contributed by atoms with E-state index >= 15 is 0 Å². The maximum absolute atomic E-state index is 13.0. The SMILES string of the molecule is COc1cccc(COC(=O)COc2ccc(F)cc2Br)c1OC. The summed E-state index contributed by atoms with van der Waals surface area (Å²) in [7, 11) is 3.04. The monoisotopic (exact) mass is 398 g/mol. The Bertz CT molecular complexity index is 720. The maximum Gasteiger partial charge on any atom is 0.344 e. The molecule has 0 N–H and O–H groups in total. The van der Waals surface area contributed by atoms with Crippen LogP contribution in [0.2, 0.25) is 0 Å². The predicted molar refractivity (Wildman–Crippen MR) is 88.9 cm³/mol. The van der Waals surface area contributed by atoms with Gasteiger partial charge in [0.15, 0.2) is 18.1 Å². The highest BCUT2D eigenvalue weighted by Crippen LogP contribution is 2.31. The third-order valence-corrected chi connectivity index (χ3v) is 3.73. The molecule has 2 aromatic carbocycles. The molecule has 0 saturated heterocycles. The minimum Gasteiger partial charge on any atom is -0.493 e. The molecule has 5 nitrogen and oxygen atoms in total. The molecule has 24 heavy (non-hydrogen) atoms. The Morgan fingerprint density at radius 1 is 1.12 bits per heavy atom. The van der Waals surface area contributed by atoms with Crippen molar-refractivity contribution in [2.45, 2.75) is 6.61 Å². The topological polar surface area (TPSA) is 54.0 Å². The number of carbonyl (C=O) groups excluding carboxylic acids is 1. The first-order chi connectivity index (χ1) is 11.5. The molecule has 2 rings (SSSR count). The zero-order valence-electron chi connectivity index (χ0n) is 13.2. The summed E-state index contributed by atoms with van der Waals surface area (Å²) in [6.07, 6.45) is 0. The molecule has 0 atom stereocenters. The van der Waals surface area contributed by atoms with Crippen molar-refractivity contribution in [2.24, 2.45) is 0 Å². The molecule has 0 spiro atoms. The van der Waals surface area contributed by atoms with Gasteiger partial charge in [-0.2, -0.15) is 0 Å². The second kappa shape index (κ2) is 8.54. The molecule has 0 saturated carbocycles. The van der Waals surface area contributed by atoms with Gasteiger partial charge in [-0.15, -0.1) is 0 Å². The number of hydrogen-bond donors (Lipinski definition) is 0. The van der Waals surface area contributed by atoms with Crippen molar-refractivity contribution in [1.82, 2.24) is 0 Å². The maximum atomic E-state index is 13.0. The van der Waals surface area contributed by atoms with Gasteiger partial charge >= 0.3 is 5.97 Å². The number of hydrogen-bond acceptors (Lipinski definition) is 5. The number of esters is 1. The highest BCUT2D eigenvalue weighted by Gasteiger charge is 2.12. The zero-order valence-corrected chi connectivity index (χ0v) is 14.8. The lowest BCUT2D eigenvalue weighted by Gasteiger charge is -2.13. The molecule has 0 radical (unpaired) electrons. The Morgan fingerprint density at radius 3 is 2.58 bits per heavy atom. The van der Waals surface area contributed by atoms with Gasteiger partial charge in [-0.1, -0.05) is 12.1 Å². The molecule has 0 amide bonds. The first-order valence-electron chi connectivity index (χ1n) is 6.98. The van der Waals surface area contributed by atoms with E-state index in [9.17, 15) is 9.18 Å². The number of halogens is 2. The molecule has 0 fully saturated rings. The van der Waals surface area contributed by atoms with Crippen LogP contribution in [0.5, 0.6) is 17.2 Å². The van der Waals surface area contributed by atoms with Gasteiger partial charge < -0.3 is 18.9 Å². The van der Waals surface area contributed by atoms with E-state index in [1.807, 2.05) is 0 Å². The van der Waals surface area contributed by atoms with Crippen LogP contribution in [-0.4, -0.2) is 26.8 Å². The summed E-state index contributed by atoms with van der Waals surface area (Å²) in [4.78, 5) is 11.8. The molecular weight excluding hydrogens is 383 g/mol. The Kier molecular flexibility index (Phi) is 6.43. The fraction of sp³-hybridized carbons (Fsp3) is 0.235. The summed E-state index contributed by atoms with van der Waals surface area (Å²) in [5.41, 5.74) is 0.674. The van der Waals surface area contributed by atoms with Gasteiger partial charge in [0.2, 0.25) is 0 Å². The second-order valence-electron chi connectivity index (χ2n) is 4.68. The van der Waals surface area contributed by atoms with Crippen LogP contribution in [-0.2, 0) is 16.1 Å². The van der Waals surface area contributed by atoms with Crippen molar-refractivity contribution in [3.63, 3.8) is 0 Å². The Morgan fingerprint density at radius 2 is 1.92 bits per heavy atom. The number of ether oxygens (including phenoxy) is 4. The standard InChI is InChI=1S/C17H16BrFO5/c1-21-15-5-3-4-11(17(15)22-2)9-24-16(20)10-23-14-7-6-12(19)8-13(14)18/h3-8H,9-10H2,1-2H3. The largest absolute Gasteiger partial charge is 0.493 e.